The lowest BCUT2D eigenvalue weighted by molar-refractivity contribution is -0.161. The summed E-state index contributed by atoms with van der Waals surface area (Å²) in [4.78, 5) is 46.1. The Labute approximate surface area is 367 Å². The van der Waals surface area contributed by atoms with Gasteiger partial charge in [-0.05, 0) is 38.5 Å². The number of ether oxygens (including phenoxy) is 2. The van der Waals surface area contributed by atoms with Gasteiger partial charge in [0.15, 0.2) is 6.10 Å². The van der Waals surface area contributed by atoms with E-state index in [2.05, 4.69) is 30.5 Å². The topological polar surface area (TPSA) is 172 Å². The van der Waals surface area contributed by atoms with E-state index in [0.717, 1.165) is 44.9 Å². The number of phosphoric acid groups is 1. The van der Waals surface area contributed by atoms with Gasteiger partial charge >= 0.3 is 25.7 Å². The van der Waals surface area contributed by atoms with E-state index in [9.17, 15) is 23.8 Å². The van der Waals surface area contributed by atoms with Crippen molar-refractivity contribution in [2.24, 2.45) is 5.73 Å². The maximum Gasteiger partial charge on any atom is 0.472 e. The van der Waals surface area contributed by atoms with E-state index < -0.39 is 51.1 Å². The first kappa shape index (κ1) is 58.2. The Morgan fingerprint density at radius 3 is 1.22 bits per heavy atom. The summed E-state index contributed by atoms with van der Waals surface area (Å²) in [5, 5.41) is 8.91. The van der Waals surface area contributed by atoms with Crippen LogP contribution in [0.2, 0.25) is 0 Å². The molecule has 0 heterocycles. The first-order chi connectivity index (χ1) is 29.1. The zero-order valence-corrected chi connectivity index (χ0v) is 39.5. The molecule has 0 bridgehead atoms. The largest absolute Gasteiger partial charge is 0.480 e. The van der Waals surface area contributed by atoms with Gasteiger partial charge < -0.3 is 25.2 Å². The van der Waals surface area contributed by atoms with Gasteiger partial charge in [-0.3, -0.25) is 23.4 Å². The summed E-state index contributed by atoms with van der Waals surface area (Å²) < 4.78 is 32.8. The number of carbonyl (C=O) groups is 3. The molecule has 0 aromatic heterocycles. The lowest BCUT2D eigenvalue weighted by Crippen LogP contribution is -2.34. The van der Waals surface area contributed by atoms with Gasteiger partial charge in [0.25, 0.3) is 0 Å². The van der Waals surface area contributed by atoms with E-state index >= 15 is 0 Å². The van der Waals surface area contributed by atoms with Crippen LogP contribution < -0.4 is 5.73 Å². The van der Waals surface area contributed by atoms with Crippen molar-refractivity contribution in [3.05, 3.63) is 12.2 Å². The fraction of sp³-hybridized carbons (Fsp3) is 0.896. The predicted molar refractivity (Wildman–Crippen MR) is 245 cm³/mol. The molecule has 0 aliphatic carbocycles. The quantitative estimate of drug-likeness (QED) is 0.0230. The maximum absolute atomic E-state index is 12.7. The summed E-state index contributed by atoms with van der Waals surface area (Å²) in [6.07, 6.45) is 45.5. The Morgan fingerprint density at radius 1 is 0.500 bits per heavy atom. The molecule has 60 heavy (non-hydrogen) atoms. The molecule has 0 aromatic rings. The van der Waals surface area contributed by atoms with Crippen LogP contribution in [0.15, 0.2) is 12.2 Å². The third-order valence-corrected chi connectivity index (χ3v) is 12.0. The number of phosphoric ester groups is 1. The Kier molecular flexibility index (Phi) is 42.6. The van der Waals surface area contributed by atoms with Crippen LogP contribution in [0.5, 0.6) is 0 Å². The van der Waals surface area contributed by atoms with Crippen molar-refractivity contribution in [2.45, 2.75) is 257 Å². The molecular weight excluding hydrogens is 781 g/mol. The lowest BCUT2D eigenvalue weighted by Gasteiger charge is -2.20. The highest BCUT2D eigenvalue weighted by atomic mass is 31.2. The second-order valence-corrected chi connectivity index (χ2v) is 18.4. The van der Waals surface area contributed by atoms with Crippen LogP contribution in [0.3, 0.4) is 0 Å². The number of unbranched alkanes of at least 4 members (excludes halogenated alkanes) is 31. The molecule has 0 rings (SSSR count). The smallest absolute Gasteiger partial charge is 0.472 e. The van der Waals surface area contributed by atoms with Crippen LogP contribution >= 0.6 is 7.82 Å². The van der Waals surface area contributed by atoms with Gasteiger partial charge in [0, 0.05) is 12.8 Å². The van der Waals surface area contributed by atoms with E-state index in [-0.39, 0.29) is 19.4 Å². The van der Waals surface area contributed by atoms with Gasteiger partial charge in [-0.25, -0.2) is 4.57 Å². The third-order valence-electron chi connectivity index (χ3n) is 11.0. The Bertz CT molecular complexity index is 1070. The molecule has 354 valence electrons. The Balaban J connectivity index is 4.25. The summed E-state index contributed by atoms with van der Waals surface area (Å²) in [6, 6.07) is -1.52. The summed E-state index contributed by atoms with van der Waals surface area (Å²) in [5.41, 5.74) is 5.35. The molecule has 0 aliphatic rings. The molecule has 1 unspecified atom stereocenters. The van der Waals surface area contributed by atoms with E-state index in [1.165, 1.54) is 161 Å². The van der Waals surface area contributed by atoms with Crippen LogP contribution in [0.1, 0.15) is 245 Å². The standard InChI is InChI=1S/C48H92NO10P/c1-3-5-7-9-11-13-15-17-19-21-22-24-26-28-30-32-34-36-38-40-47(51)59-44(42-57-60(54,55)58-43-45(49)48(52)53)41-56-46(50)39-37-35-33-31-29-27-25-23-20-18-16-14-12-10-8-6-4-2/h18,20,44-45H,3-17,19,21-43,49H2,1-2H3,(H,52,53)(H,54,55)/b20-18-/t44-,45+/m1/s1. The molecular formula is C48H92NO10P. The van der Waals surface area contributed by atoms with Gasteiger partial charge in [0.2, 0.25) is 0 Å². The van der Waals surface area contributed by atoms with Crippen LogP contribution in [0, 0.1) is 0 Å². The van der Waals surface area contributed by atoms with Crippen molar-refractivity contribution in [1.82, 2.24) is 0 Å². The van der Waals surface area contributed by atoms with Crippen LogP contribution in [0.25, 0.3) is 0 Å². The lowest BCUT2D eigenvalue weighted by atomic mass is 10.0. The van der Waals surface area contributed by atoms with Gasteiger partial charge in [-0.1, -0.05) is 206 Å². The van der Waals surface area contributed by atoms with Crippen molar-refractivity contribution in [3.8, 4) is 0 Å². The minimum absolute atomic E-state index is 0.167. The molecule has 0 spiro atoms. The molecule has 0 aliphatic heterocycles. The number of allylic oxidation sites excluding steroid dienone is 2. The number of carboxylic acid groups (broad SMARTS) is 1. The summed E-state index contributed by atoms with van der Waals surface area (Å²) in [7, 11) is -4.72. The number of carboxylic acids is 1. The van der Waals surface area contributed by atoms with E-state index in [1.807, 2.05) is 0 Å². The minimum atomic E-state index is -4.72. The maximum atomic E-state index is 12.7. The van der Waals surface area contributed by atoms with Crippen LogP contribution in [-0.2, 0) is 37.5 Å². The first-order valence-corrected chi connectivity index (χ1v) is 26.2. The number of carbonyl (C=O) groups excluding carboxylic acids is 2. The van der Waals surface area contributed by atoms with E-state index in [4.69, 9.17) is 24.8 Å². The zero-order valence-electron chi connectivity index (χ0n) is 38.6. The summed E-state index contributed by atoms with van der Waals surface area (Å²) in [5.74, 6) is -2.36. The molecule has 3 atom stereocenters. The number of esters is 2. The van der Waals surface area contributed by atoms with Gasteiger partial charge in [-0.2, -0.15) is 0 Å². The van der Waals surface area contributed by atoms with Crippen LogP contribution in [0.4, 0.5) is 0 Å². The molecule has 0 aromatic carbocycles. The SMILES string of the molecule is CCCCCCCC/C=C\CCCCCCCCCC(=O)OC[C@H](COP(=O)(O)OC[C@H](N)C(=O)O)OC(=O)CCCCCCCCCCCCCCCCCCCCC. The second kappa shape index (κ2) is 43.9. The molecule has 0 amide bonds. The Morgan fingerprint density at radius 2 is 0.833 bits per heavy atom. The number of nitrogens with two attached hydrogens (primary N) is 1. The number of hydrogen-bond donors (Lipinski definition) is 3. The zero-order chi connectivity index (χ0) is 44.2. The fourth-order valence-corrected chi connectivity index (χ4v) is 7.90. The third kappa shape index (κ3) is 42.9. The molecule has 11 nitrogen and oxygen atoms in total. The summed E-state index contributed by atoms with van der Waals surface area (Å²) >= 11 is 0. The van der Waals surface area contributed by atoms with Gasteiger partial charge in [-0.15, -0.1) is 0 Å². The second-order valence-electron chi connectivity index (χ2n) is 17.0. The van der Waals surface area contributed by atoms with Crippen molar-refractivity contribution in [1.29, 1.82) is 0 Å². The number of hydrogen-bond acceptors (Lipinski definition) is 9. The van der Waals surface area contributed by atoms with Gasteiger partial charge in [0.05, 0.1) is 13.2 Å². The highest BCUT2D eigenvalue weighted by molar-refractivity contribution is 7.47. The average Bonchev–Trinajstić information content (AvgIpc) is 3.22. The Hall–Kier alpha value is -1.78. The number of aliphatic carboxylic acids is 1. The molecule has 0 saturated heterocycles. The first-order valence-electron chi connectivity index (χ1n) is 24.7. The molecule has 12 heteroatoms. The average molecular weight is 874 g/mol. The highest BCUT2D eigenvalue weighted by Gasteiger charge is 2.28. The van der Waals surface area contributed by atoms with Gasteiger partial charge in [0.1, 0.15) is 12.6 Å². The van der Waals surface area contributed by atoms with Crippen molar-refractivity contribution < 1.29 is 47.5 Å². The molecule has 0 fully saturated rings. The van der Waals surface area contributed by atoms with Crippen molar-refractivity contribution in [3.63, 3.8) is 0 Å². The van der Waals surface area contributed by atoms with Crippen molar-refractivity contribution in [2.75, 3.05) is 19.8 Å². The monoisotopic (exact) mass is 874 g/mol. The minimum Gasteiger partial charge on any atom is -0.480 e. The van der Waals surface area contributed by atoms with E-state index in [0.29, 0.717) is 12.8 Å². The van der Waals surface area contributed by atoms with Crippen molar-refractivity contribution >= 4 is 25.7 Å². The fourth-order valence-electron chi connectivity index (χ4n) is 7.12. The predicted octanol–water partition coefficient (Wildman–Crippen LogP) is 13.6. The summed E-state index contributed by atoms with van der Waals surface area (Å²) in [6.45, 7) is 2.84. The number of rotatable bonds is 47. The molecule has 0 saturated carbocycles. The molecule has 4 N–H and O–H groups in total. The highest BCUT2D eigenvalue weighted by Crippen LogP contribution is 2.43. The normalized spacial score (nSPS) is 13.7. The van der Waals surface area contributed by atoms with Crippen LogP contribution in [-0.4, -0.2) is 59.9 Å². The van der Waals surface area contributed by atoms with E-state index in [1.54, 1.807) is 0 Å². The molecule has 0 radical (unpaired) electrons.